The van der Waals surface area contributed by atoms with Gasteiger partial charge in [-0.15, -0.1) is 0 Å². The molecule has 0 fully saturated rings. The van der Waals surface area contributed by atoms with E-state index in [0.717, 1.165) is 11.1 Å². The second-order valence-corrected chi connectivity index (χ2v) is 5.53. The molecule has 0 aliphatic heterocycles. The minimum Gasteiger partial charge on any atom is -0.489 e. The van der Waals surface area contributed by atoms with Crippen LogP contribution in [0.15, 0.2) is 48.5 Å². The molecule has 0 bridgehead atoms. The van der Waals surface area contributed by atoms with E-state index in [2.05, 4.69) is 0 Å². The van der Waals surface area contributed by atoms with E-state index in [9.17, 15) is 4.79 Å². The van der Waals surface area contributed by atoms with E-state index < -0.39 is 12.0 Å². The maximum Gasteiger partial charge on any atom is 0.323 e. The zero-order valence-corrected chi connectivity index (χ0v) is 13.8. The Morgan fingerprint density at radius 1 is 1.22 bits per heavy atom. The maximum absolute atomic E-state index is 11.7. The fourth-order valence-electron chi connectivity index (χ4n) is 2.17. The van der Waals surface area contributed by atoms with Gasteiger partial charge in [0.05, 0.1) is 6.61 Å². The lowest BCUT2D eigenvalue weighted by molar-refractivity contribution is -0.144. The summed E-state index contributed by atoms with van der Waals surface area (Å²) < 4.78 is 10.8. The van der Waals surface area contributed by atoms with Gasteiger partial charge in [-0.3, -0.25) is 4.79 Å². The molecule has 0 aliphatic rings. The molecule has 0 aliphatic carbocycles. The lowest BCUT2D eigenvalue weighted by atomic mass is 10.1. The lowest BCUT2D eigenvalue weighted by Crippen LogP contribution is -2.34. The number of halogens is 1. The number of hydrogen-bond acceptors (Lipinski definition) is 4. The van der Waals surface area contributed by atoms with Gasteiger partial charge >= 0.3 is 5.97 Å². The lowest BCUT2D eigenvalue weighted by Gasteiger charge is -2.15. The van der Waals surface area contributed by atoms with Gasteiger partial charge in [-0.05, 0) is 36.2 Å². The van der Waals surface area contributed by atoms with E-state index in [0.29, 0.717) is 30.4 Å². The molecule has 2 N–H and O–H groups in total. The number of ether oxygens (including phenoxy) is 2. The van der Waals surface area contributed by atoms with Crippen LogP contribution in [-0.2, 0) is 22.6 Å². The maximum atomic E-state index is 11.7. The highest BCUT2D eigenvalue weighted by molar-refractivity contribution is 6.30. The average Bonchev–Trinajstić information content (AvgIpc) is 2.54. The molecule has 1 unspecified atom stereocenters. The second-order valence-electron chi connectivity index (χ2n) is 5.09. The predicted octanol–water partition coefficient (Wildman–Crippen LogP) is 3.35. The molecule has 2 aromatic carbocycles. The number of carbonyl (C=O) groups excluding carboxylic acids is 1. The summed E-state index contributed by atoms with van der Waals surface area (Å²) in [6.07, 6.45) is 0.366. The summed E-state index contributed by atoms with van der Waals surface area (Å²) in [4.78, 5) is 11.7. The molecule has 0 radical (unpaired) electrons. The number of rotatable bonds is 7. The summed E-state index contributed by atoms with van der Waals surface area (Å²) in [6, 6.07) is 14.3. The second kappa shape index (κ2) is 8.56. The molecule has 0 heterocycles. The summed E-state index contributed by atoms with van der Waals surface area (Å²) in [5.41, 5.74) is 7.73. The first kappa shape index (κ1) is 17.3. The van der Waals surface area contributed by atoms with Gasteiger partial charge in [-0.2, -0.15) is 0 Å². The highest BCUT2D eigenvalue weighted by atomic mass is 35.5. The third-order valence-electron chi connectivity index (χ3n) is 3.29. The van der Waals surface area contributed by atoms with Crippen LogP contribution in [0, 0.1) is 0 Å². The molecule has 0 spiro atoms. The molecule has 1 atom stereocenters. The number of carbonyl (C=O) groups is 1. The summed E-state index contributed by atoms with van der Waals surface area (Å²) in [7, 11) is 0. The summed E-state index contributed by atoms with van der Waals surface area (Å²) >= 11 is 5.97. The standard InChI is InChI=1S/C18H20ClNO3/c1-2-22-18(21)16(20)11-14-7-3-4-9-17(14)23-12-13-6-5-8-15(19)10-13/h3-10,16H,2,11-12,20H2,1H3. The van der Waals surface area contributed by atoms with Gasteiger partial charge in [-0.25, -0.2) is 0 Å². The van der Waals surface area contributed by atoms with Gasteiger partial charge in [0.15, 0.2) is 0 Å². The number of esters is 1. The van der Waals surface area contributed by atoms with Crippen LogP contribution >= 0.6 is 11.6 Å². The molecule has 2 rings (SSSR count). The van der Waals surface area contributed by atoms with E-state index in [1.807, 2.05) is 48.5 Å². The molecular formula is C18H20ClNO3. The first-order valence-corrected chi connectivity index (χ1v) is 7.85. The van der Waals surface area contributed by atoms with Crippen LogP contribution in [0.4, 0.5) is 0 Å². The van der Waals surface area contributed by atoms with Crippen molar-refractivity contribution in [2.24, 2.45) is 5.73 Å². The quantitative estimate of drug-likeness (QED) is 0.789. The van der Waals surface area contributed by atoms with Crippen molar-refractivity contribution in [2.75, 3.05) is 6.61 Å². The van der Waals surface area contributed by atoms with Crippen LogP contribution in [0.2, 0.25) is 5.02 Å². The molecule has 2 aromatic rings. The Hall–Kier alpha value is -2.04. The molecule has 0 saturated carbocycles. The fourth-order valence-corrected chi connectivity index (χ4v) is 2.38. The zero-order valence-electron chi connectivity index (χ0n) is 13.0. The van der Waals surface area contributed by atoms with Crippen molar-refractivity contribution < 1.29 is 14.3 Å². The molecule has 23 heavy (non-hydrogen) atoms. The molecule has 4 nitrogen and oxygen atoms in total. The van der Waals surface area contributed by atoms with Crippen molar-refractivity contribution in [3.8, 4) is 5.75 Å². The summed E-state index contributed by atoms with van der Waals surface area (Å²) in [5.74, 6) is 0.296. The van der Waals surface area contributed by atoms with E-state index in [1.54, 1.807) is 6.92 Å². The first-order valence-electron chi connectivity index (χ1n) is 7.47. The van der Waals surface area contributed by atoms with E-state index >= 15 is 0 Å². The molecular weight excluding hydrogens is 314 g/mol. The minimum atomic E-state index is -0.703. The predicted molar refractivity (Wildman–Crippen MR) is 90.5 cm³/mol. The van der Waals surface area contributed by atoms with Crippen molar-refractivity contribution in [2.45, 2.75) is 26.0 Å². The van der Waals surface area contributed by atoms with Crippen LogP contribution in [0.25, 0.3) is 0 Å². The van der Waals surface area contributed by atoms with Crippen molar-refractivity contribution in [3.63, 3.8) is 0 Å². The monoisotopic (exact) mass is 333 g/mol. The molecule has 122 valence electrons. The van der Waals surface area contributed by atoms with Crippen molar-refractivity contribution in [1.82, 2.24) is 0 Å². The number of nitrogens with two attached hydrogens (primary N) is 1. The number of benzene rings is 2. The average molecular weight is 334 g/mol. The van der Waals surface area contributed by atoms with Crippen LogP contribution in [0.1, 0.15) is 18.1 Å². The Morgan fingerprint density at radius 3 is 2.74 bits per heavy atom. The van der Waals surface area contributed by atoms with E-state index in [1.165, 1.54) is 0 Å². The van der Waals surface area contributed by atoms with Crippen molar-refractivity contribution in [1.29, 1.82) is 0 Å². The van der Waals surface area contributed by atoms with Gasteiger partial charge in [0, 0.05) is 11.4 Å². The SMILES string of the molecule is CCOC(=O)C(N)Cc1ccccc1OCc1cccc(Cl)c1. The van der Waals surface area contributed by atoms with E-state index in [4.69, 9.17) is 26.8 Å². The smallest absolute Gasteiger partial charge is 0.323 e. The number of para-hydroxylation sites is 1. The highest BCUT2D eigenvalue weighted by Gasteiger charge is 2.17. The molecule has 0 saturated heterocycles. The zero-order chi connectivity index (χ0) is 16.7. The van der Waals surface area contributed by atoms with Crippen LogP contribution in [0.3, 0.4) is 0 Å². The van der Waals surface area contributed by atoms with Crippen LogP contribution < -0.4 is 10.5 Å². The van der Waals surface area contributed by atoms with Crippen molar-refractivity contribution >= 4 is 17.6 Å². The van der Waals surface area contributed by atoms with Crippen LogP contribution in [-0.4, -0.2) is 18.6 Å². The molecule has 5 heteroatoms. The Balaban J connectivity index is 2.04. The molecule has 0 aromatic heterocycles. The minimum absolute atomic E-state index is 0.319. The normalized spacial score (nSPS) is 11.8. The van der Waals surface area contributed by atoms with E-state index in [-0.39, 0.29) is 0 Å². The van der Waals surface area contributed by atoms with Gasteiger partial charge in [-0.1, -0.05) is 41.9 Å². The molecule has 0 amide bonds. The summed E-state index contributed by atoms with van der Waals surface area (Å²) in [6.45, 7) is 2.47. The van der Waals surface area contributed by atoms with Crippen molar-refractivity contribution in [3.05, 3.63) is 64.7 Å². The highest BCUT2D eigenvalue weighted by Crippen LogP contribution is 2.21. The van der Waals surface area contributed by atoms with Crippen LogP contribution in [0.5, 0.6) is 5.75 Å². The largest absolute Gasteiger partial charge is 0.489 e. The van der Waals surface area contributed by atoms with Gasteiger partial charge in [0.1, 0.15) is 18.4 Å². The van der Waals surface area contributed by atoms with Gasteiger partial charge in [0.2, 0.25) is 0 Å². The summed E-state index contributed by atoms with van der Waals surface area (Å²) in [5, 5.41) is 0.670. The Kier molecular flexibility index (Phi) is 6.44. The Labute approximate surface area is 141 Å². The first-order chi connectivity index (χ1) is 11.1. The Bertz CT molecular complexity index is 660. The third kappa shape index (κ3) is 5.27. The third-order valence-corrected chi connectivity index (χ3v) is 3.52. The van der Waals surface area contributed by atoms with Gasteiger partial charge in [0.25, 0.3) is 0 Å². The van der Waals surface area contributed by atoms with Gasteiger partial charge < -0.3 is 15.2 Å². The topological polar surface area (TPSA) is 61.5 Å². The fraction of sp³-hybridized carbons (Fsp3) is 0.278. The number of hydrogen-bond donors (Lipinski definition) is 1. The Morgan fingerprint density at radius 2 is 2.00 bits per heavy atom.